The second-order valence-electron chi connectivity index (χ2n) is 7.49. The Bertz CT molecular complexity index is 1070. The summed E-state index contributed by atoms with van der Waals surface area (Å²) in [5, 5.41) is -0.533. The molecule has 1 N–H and O–H groups in total. The van der Waals surface area contributed by atoms with E-state index in [0.29, 0.717) is 19.6 Å². The normalized spacial score (nSPS) is 19.3. The van der Waals surface area contributed by atoms with Gasteiger partial charge in [0, 0.05) is 38.7 Å². The smallest absolute Gasteiger partial charge is 0.268 e. The summed E-state index contributed by atoms with van der Waals surface area (Å²) >= 11 is 6.13. The molecule has 1 aromatic heterocycles. The van der Waals surface area contributed by atoms with Gasteiger partial charge in [-0.1, -0.05) is 17.7 Å². The molecule has 12 heteroatoms. The van der Waals surface area contributed by atoms with Crippen molar-refractivity contribution < 1.29 is 26.3 Å². The molecule has 2 heterocycles. The van der Waals surface area contributed by atoms with Crippen LogP contribution in [0.1, 0.15) is 0 Å². The number of sulfonamides is 1. The second kappa shape index (κ2) is 9.19. The van der Waals surface area contributed by atoms with Gasteiger partial charge in [-0.3, -0.25) is 4.72 Å². The summed E-state index contributed by atoms with van der Waals surface area (Å²) < 4.78 is 75.5. The highest BCUT2D eigenvalue weighted by atomic mass is 35.5. The van der Waals surface area contributed by atoms with Gasteiger partial charge in [-0.15, -0.1) is 0 Å². The fourth-order valence-corrected chi connectivity index (χ4v) is 5.11. The van der Waals surface area contributed by atoms with Gasteiger partial charge in [-0.25, -0.2) is 22.2 Å². The molecule has 0 saturated carbocycles. The number of pyridine rings is 1. The van der Waals surface area contributed by atoms with Crippen molar-refractivity contribution in [2.45, 2.75) is 11.0 Å². The second-order valence-corrected chi connectivity index (χ2v) is 9.48. The third-order valence-electron chi connectivity index (χ3n) is 4.94. The minimum atomic E-state index is -4.76. The van der Waals surface area contributed by atoms with E-state index in [2.05, 4.69) is 4.98 Å². The number of ether oxygens (including phenoxy) is 1. The maximum atomic E-state index is 15.0. The maximum Gasteiger partial charge on any atom is 0.268 e. The number of benzene rings is 1. The summed E-state index contributed by atoms with van der Waals surface area (Å²) in [6, 6.07) is 4.22. The summed E-state index contributed by atoms with van der Waals surface area (Å²) in [4.78, 5) is 5.71. The fraction of sp³-hybridized carbons (Fsp3) is 0.421. The Morgan fingerprint density at radius 2 is 2.00 bits per heavy atom. The van der Waals surface area contributed by atoms with Gasteiger partial charge in [0.15, 0.2) is 10.7 Å². The first-order valence-corrected chi connectivity index (χ1v) is 11.1. The van der Waals surface area contributed by atoms with Gasteiger partial charge in [0.2, 0.25) is 5.95 Å². The van der Waals surface area contributed by atoms with Crippen LogP contribution in [0.4, 0.5) is 24.7 Å². The van der Waals surface area contributed by atoms with Crippen LogP contribution in [-0.2, 0) is 14.8 Å². The van der Waals surface area contributed by atoms with E-state index in [4.69, 9.17) is 16.3 Å². The zero-order valence-electron chi connectivity index (χ0n) is 17.1. The van der Waals surface area contributed by atoms with Crippen LogP contribution in [0, 0.1) is 23.5 Å². The molecule has 31 heavy (non-hydrogen) atoms. The van der Waals surface area contributed by atoms with E-state index >= 15 is 0 Å². The van der Waals surface area contributed by atoms with Gasteiger partial charge in [0.25, 0.3) is 10.0 Å². The van der Waals surface area contributed by atoms with Crippen molar-refractivity contribution >= 4 is 33.1 Å². The molecule has 3 rings (SSSR count). The summed E-state index contributed by atoms with van der Waals surface area (Å²) in [5.41, 5.74) is 0.0304. The number of hydrogen-bond acceptors (Lipinski definition) is 6. The molecule has 1 saturated heterocycles. The van der Waals surface area contributed by atoms with E-state index < -0.39 is 43.3 Å². The highest BCUT2D eigenvalue weighted by molar-refractivity contribution is 7.92. The topological polar surface area (TPSA) is 74.8 Å². The molecule has 1 aromatic carbocycles. The molecule has 0 unspecified atom stereocenters. The first-order valence-electron chi connectivity index (χ1n) is 9.28. The molecule has 2 aromatic rings. The van der Waals surface area contributed by atoms with Crippen LogP contribution < -0.4 is 9.62 Å². The number of rotatable bonds is 7. The van der Waals surface area contributed by atoms with Crippen LogP contribution in [0.5, 0.6) is 0 Å². The van der Waals surface area contributed by atoms with Crippen LogP contribution in [0.15, 0.2) is 29.2 Å². The van der Waals surface area contributed by atoms with Crippen LogP contribution >= 0.6 is 11.6 Å². The van der Waals surface area contributed by atoms with Crippen LogP contribution in [0.2, 0.25) is 5.02 Å². The minimum Gasteiger partial charge on any atom is -0.379 e. The highest BCUT2D eigenvalue weighted by Gasteiger charge is 2.36. The molecule has 0 aliphatic carbocycles. The third-order valence-corrected chi connectivity index (χ3v) is 6.69. The maximum absolute atomic E-state index is 15.0. The Kier molecular flexibility index (Phi) is 6.99. The lowest BCUT2D eigenvalue weighted by Crippen LogP contribution is -2.30. The molecule has 0 radical (unpaired) electrons. The van der Waals surface area contributed by atoms with Crippen LogP contribution in [0.3, 0.4) is 0 Å². The van der Waals surface area contributed by atoms with Gasteiger partial charge in [-0.2, -0.15) is 4.39 Å². The molecule has 1 fully saturated rings. The summed E-state index contributed by atoms with van der Waals surface area (Å²) in [5.74, 6) is -4.08. The number of halogens is 4. The predicted octanol–water partition coefficient (Wildman–Crippen LogP) is 2.97. The first kappa shape index (κ1) is 23.6. The zero-order valence-corrected chi connectivity index (χ0v) is 18.6. The Hall–Kier alpha value is -2.08. The Morgan fingerprint density at radius 1 is 1.29 bits per heavy atom. The minimum absolute atomic E-state index is 0.0304. The molecule has 1 aliphatic rings. The summed E-state index contributed by atoms with van der Waals surface area (Å²) in [6.07, 6.45) is -0.186. The molecule has 0 amide bonds. The SMILES string of the molecule is CO[C@@H]1CN(c2cc(F)c(S(=O)(=O)Nc3cccc(F)n3)c(F)c2Cl)C[C@@H]1CN(C)C. The van der Waals surface area contributed by atoms with E-state index in [1.54, 1.807) is 12.0 Å². The van der Waals surface area contributed by atoms with Crippen molar-refractivity contribution in [1.82, 2.24) is 9.88 Å². The highest BCUT2D eigenvalue weighted by Crippen LogP contribution is 2.37. The fourth-order valence-electron chi connectivity index (χ4n) is 3.65. The lowest BCUT2D eigenvalue weighted by atomic mass is 10.1. The molecular formula is C19H22ClF3N4O3S. The Balaban J connectivity index is 1.94. The van der Waals surface area contributed by atoms with E-state index in [1.165, 1.54) is 6.07 Å². The standard InChI is InChI=1S/C19H22ClF3N4O3S/c1-26(2)8-11-9-27(10-14(11)30-3)13-7-12(21)19(18(23)17(13)20)31(28,29)25-16-6-4-5-15(22)24-16/h4-7,11,14H,8-10H2,1-3H3,(H,24,25)/t11-,14+/m0/s1. The van der Waals surface area contributed by atoms with Crippen LogP contribution in [0.25, 0.3) is 0 Å². The monoisotopic (exact) mass is 478 g/mol. The number of aromatic nitrogens is 1. The average molecular weight is 479 g/mol. The molecule has 0 bridgehead atoms. The first-order chi connectivity index (χ1) is 14.5. The van der Waals surface area contributed by atoms with Gasteiger partial charge in [0.1, 0.15) is 16.7 Å². The molecule has 170 valence electrons. The Labute approximate surface area is 183 Å². The number of anilines is 2. The van der Waals surface area contributed by atoms with Gasteiger partial charge in [0.05, 0.1) is 11.8 Å². The largest absolute Gasteiger partial charge is 0.379 e. The van der Waals surface area contributed by atoms with Crippen molar-refractivity contribution in [3.8, 4) is 0 Å². The molecule has 1 aliphatic heterocycles. The van der Waals surface area contributed by atoms with Gasteiger partial charge < -0.3 is 14.5 Å². The van der Waals surface area contributed by atoms with Gasteiger partial charge >= 0.3 is 0 Å². The number of hydrogen-bond donors (Lipinski definition) is 1. The quantitative estimate of drug-likeness (QED) is 0.487. The molecular weight excluding hydrogens is 457 g/mol. The van der Waals surface area contributed by atoms with E-state index in [0.717, 1.165) is 18.2 Å². The lowest BCUT2D eigenvalue weighted by Gasteiger charge is -2.22. The number of nitrogens with zero attached hydrogens (tertiary/aromatic N) is 3. The average Bonchev–Trinajstić information content (AvgIpc) is 3.06. The molecule has 7 nitrogen and oxygen atoms in total. The number of nitrogens with one attached hydrogen (secondary N) is 1. The van der Waals surface area contributed by atoms with E-state index in [9.17, 15) is 21.6 Å². The lowest BCUT2D eigenvalue weighted by molar-refractivity contribution is 0.0733. The summed E-state index contributed by atoms with van der Waals surface area (Å²) in [6.45, 7) is 1.45. The predicted molar refractivity (Wildman–Crippen MR) is 111 cm³/mol. The van der Waals surface area contributed by atoms with Crippen LogP contribution in [-0.4, -0.2) is 65.2 Å². The van der Waals surface area contributed by atoms with E-state index in [-0.39, 0.29) is 17.7 Å². The van der Waals surface area contributed by atoms with Crippen molar-refractivity contribution in [3.05, 3.63) is 46.9 Å². The van der Waals surface area contributed by atoms with E-state index in [1.807, 2.05) is 23.7 Å². The van der Waals surface area contributed by atoms with Crippen molar-refractivity contribution in [2.75, 3.05) is 50.5 Å². The van der Waals surface area contributed by atoms with Crippen molar-refractivity contribution in [1.29, 1.82) is 0 Å². The third kappa shape index (κ3) is 5.05. The number of methoxy groups -OCH3 is 1. The van der Waals surface area contributed by atoms with Crippen molar-refractivity contribution in [3.63, 3.8) is 0 Å². The zero-order chi connectivity index (χ0) is 22.9. The van der Waals surface area contributed by atoms with Gasteiger partial charge in [-0.05, 0) is 26.2 Å². The molecule has 2 atom stereocenters. The summed E-state index contributed by atoms with van der Waals surface area (Å²) in [7, 11) is 0.606. The van der Waals surface area contributed by atoms with Crippen molar-refractivity contribution in [2.24, 2.45) is 5.92 Å². The Morgan fingerprint density at radius 3 is 2.61 bits per heavy atom. The molecule has 0 spiro atoms.